The van der Waals surface area contributed by atoms with Crippen LogP contribution in [0.25, 0.3) is 16.7 Å². The zero-order valence-electron chi connectivity index (χ0n) is 22.9. The molecule has 5 rings (SSSR count). The van der Waals surface area contributed by atoms with E-state index in [1.165, 1.54) is 5.56 Å². The number of dihydropyridines is 1. The third kappa shape index (κ3) is 6.35. The Hall–Kier alpha value is -4.16. The molecule has 0 fully saturated rings. The number of hydrogen-bond acceptors (Lipinski definition) is 5. The molecule has 0 saturated carbocycles. The Morgan fingerprint density at radius 2 is 1.95 bits per heavy atom. The lowest BCUT2D eigenvalue weighted by Crippen LogP contribution is -2.31. The zero-order valence-corrected chi connectivity index (χ0v) is 23.7. The average Bonchev–Trinajstić information content (AvgIpc) is 2.96. The molecule has 2 unspecified atom stereocenters. The van der Waals surface area contributed by atoms with E-state index in [2.05, 4.69) is 70.0 Å². The van der Waals surface area contributed by atoms with Gasteiger partial charge in [0, 0.05) is 65.0 Å². The van der Waals surface area contributed by atoms with Crippen LogP contribution in [0.4, 0.5) is 17.1 Å². The summed E-state index contributed by atoms with van der Waals surface area (Å²) >= 11 is 6.37. The first-order valence-electron chi connectivity index (χ1n) is 13.8. The highest BCUT2D eigenvalue weighted by Gasteiger charge is 2.24. The molecule has 2 atom stereocenters. The maximum absolute atomic E-state index is 12.8. The van der Waals surface area contributed by atoms with E-state index >= 15 is 0 Å². The number of carbonyl (C=O) groups excluding carboxylic acids is 1. The second-order valence-electron chi connectivity index (χ2n) is 10.4. The van der Waals surface area contributed by atoms with Crippen molar-refractivity contribution in [3.05, 3.63) is 107 Å². The normalized spacial score (nSPS) is 19.2. The molecule has 6 nitrogen and oxygen atoms in total. The number of anilines is 3. The summed E-state index contributed by atoms with van der Waals surface area (Å²) in [4.78, 5) is 12.8. The topological polar surface area (TPSA) is 91.2 Å². The van der Waals surface area contributed by atoms with Crippen molar-refractivity contribution in [1.82, 2.24) is 5.32 Å². The maximum atomic E-state index is 12.8. The molecule has 6 N–H and O–H groups in total. The highest BCUT2D eigenvalue weighted by molar-refractivity contribution is 6.31. The largest absolute Gasteiger partial charge is 0.401 e. The number of hydrogen-bond donors (Lipinski definition) is 5. The van der Waals surface area contributed by atoms with Gasteiger partial charge in [-0.05, 0) is 66.8 Å². The summed E-state index contributed by atoms with van der Waals surface area (Å²) < 4.78 is 0. The van der Waals surface area contributed by atoms with Gasteiger partial charge in [-0.15, -0.1) is 0 Å². The van der Waals surface area contributed by atoms with Crippen LogP contribution >= 0.6 is 11.6 Å². The summed E-state index contributed by atoms with van der Waals surface area (Å²) in [5, 5.41) is 14.0. The maximum Gasteiger partial charge on any atom is 0.224 e. The van der Waals surface area contributed by atoms with E-state index < -0.39 is 0 Å². The van der Waals surface area contributed by atoms with Gasteiger partial charge in [-0.25, -0.2) is 0 Å². The van der Waals surface area contributed by atoms with E-state index in [0.717, 1.165) is 58.6 Å². The Balaban J connectivity index is 1.45. The Kier molecular flexibility index (Phi) is 8.46. The first kappa shape index (κ1) is 27.4. The highest BCUT2D eigenvalue weighted by atomic mass is 35.5. The molecule has 2 aliphatic rings. The second-order valence-corrected chi connectivity index (χ2v) is 10.8. The van der Waals surface area contributed by atoms with Gasteiger partial charge >= 0.3 is 0 Å². The molecule has 2 heterocycles. The molecule has 3 aromatic rings. The van der Waals surface area contributed by atoms with E-state index in [9.17, 15) is 4.79 Å². The first-order chi connectivity index (χ1) is 19.4. The van der Waals surface area contributed by atoms with Gasteiger partial charge in [-0.1, -0.05) is 60.5 Å². The van der Waals surface area contributed by atoms with Crippen molar-refractivity contribution in [2.45, 2.75) is 44.6 Å². The number of rotatable bonds is 5. The molecule has 1 amide bonds. The third-order valence-electron chi connectivity index (χ3n) is 7.47. The number of fused-ring (bicyclic) bond motifs is 4. The van der Waals surface area contributed by atoms with Gasteiger partial charge < -0.3 is 27.0 Å². The molecule has 0 spiro atoms. The van der Waals surface area contributed by atoms with Crippen LogP contribution in [-0.4, -0.2) is 19.0 Å². The van der Waals surface area contributed by atoms with Crippen LogP contribution in [0, 0.1) is 0 Å². The number of allylic oxidation sites excluding steroid dienone is 3. The Morgan fingerprint density at radius 1 is 1.07 bits per heavy atom. The fraction of sp³-hybridized carbons (Fsp3) is 0.242. The third-order valence-corrected chi connectivity index (χ3v) is 7.71. The highest BCUT2D eigenvalue weighted by Crippen LogP contribution is 2.37. The minimum absolute atomic E-state index is 0.0525. The lowest BCUT2D eigenvalue weighted by atomic mass is 9.83. The summed E-state index contributed by atoms with van der Waals surface area (Å²) in [5.41, 5.74) is 14.7. The van der Waals surface area contributed by atoms with Crippen molar-refractivity contribution in [3.8, 4) is 11.1 Å². The number of carbonyl (C=O) groups is 1. The number of nitrogens with one attached hydrogen (secondary N) is 4. The summed E-state index contributed by atoms with van der Waals surface area (Å²) in [5.74, 6) is 0.299. The minimum Gasteiger partial charge on any atom is -0.401 e. The van der Waals surface area contributed by atoms with Gasteiger partial charge in [-0.3, -0.25) is 4.79 Å². The lowest BCUT2D eigenvalue weighted by molar-refractivity contribution is -0.116. The van der Waals surface area contributed by atoms with Crippen molar-refractivity contribution in [2.24, 2.45) is 5.73 Å². The smallest absolute Gasteiger partial charge is 0.224 e. The molecule has 2 bridgehead atoms. The molecule has 2 aliphatic heterocycles. The van der Waals surface area contributed by atoms with Crippen LogP contribution in [-0.2, 0) is 4.79 Å². The molecular formula is C33H36ClN5O. The minimum atomic E-state index is 0.0525. The number of amides is 1. The van der Waals surface area contributed by atoms with E-state index in [4.69, 9.17) is 17.3 Å². The molecule has 7 heteroatoms. The second kappa shape index (κ2) is 12.3. The predicted molar refractivity (Wildman–Crippen MR) is 168 cm³/mol. The van der Waals surface area contributed by atoms with Crippen LogP contribution in [0.15, 0.2) is 90.9 Å². The molecule has 0 aliphatic carbocycles. The lowest BCUT2D eigenvalue weighted by Gasteiger charge is -2.29. The van der Waals surface area contributed by atoms with Crippen LogP contribution in [0.3, 0.4) is 0 Å². The number of halogens is 1. The zero-order chi connectivity index (χ0) is 28.1. The average molecular weight is 554 g/mol. The predicted octanol–water partition coefficient (Wildman–Crippen LogP) is 7.45. The quantitative estimate of drug-likeness (QED) is 0.226. The van der Waals surface area contributed by atoms with Gasteiger partial charge in [0.2, 0.25) is 5.91 Å². The van der Waals surface area contributed by atoms with Crippen molar-refractivity contribution in [1.29, 1.82) is 0 Å². The SMILES string of the molecule is CNc1ccc2c(c1)NC(=O)CCCCC(C1C=CC(c3cc(Cl)ccc3N/C=C(/C)N)=CN1)c1cccc-2c1. The summed E-state index contributed by atoms with van der Waals surface area (Å²) in [6.45, 7) is 1.84. The van der Waals surface area contributed by atoms with Gasteiger partial charge in [-0.2, -0.15) is 0 Å². The van der Waals surface area contributed by atoms with Gasteiger partial charge in [0.05, 0.1) is 11.7 Å². The molecule has 3 aromatic carbocycles. The Morgan fingerprint density at radius 3 is 2.73 bits per heavy atom. The molecule has 0 radical (unpaired) electrons. The molecule has 40 heavy (non-hydrogen) atoms. The molecule has 0 saturated heterocycles. The molecule has 0 aromatic heterocycles. The van der Waals surface area contributed by atoms with Gasteiger partial charge in [0.1, 0.15) is 0 Å². The van der Waals surface area contributed by atoms with Crippen LogP contribution < -0.4 is 27.0 Å². The molecule has 206 valence electrons. The van der Waals surface area contributed by atoms with Crippen LogP contribution in [0.2, 0.25) is 5.02 Å². The van der Waals surface area contributed by atoms with Crippen molar-refractivity contribution in [2.75, 3.05) is 23.0 Å². The van der Waals surface area contributed by atoms with Crippen LogP contribution in [0.1, 0.15) is 49.7 Å². The van der Waals surface area contributed by atoms with Crippen molar-refractivity contribution < 1.29 is 4.79 Å². The van der Waals surface area contributed by atoms with Crippen LogP contribution in [0.5, 0.6) is 0 Å². The Labute approximate surface area is 241 Å². The first-order valence-corrected chi connectivity index (χ1v) is 14.1. The number of nitrogens with two attached hydrogens (primary N) is 1. The van der Waals surface area contributed by atoms with E-state index in [-0.39, 0.29) is 17.9 Å². The van der Waals surface area contributed by atoms with Crippen molar-refractivity contribution >= 4 is 40.1 Å². The fourth-order valence-corrected chi connectivity index (χ4v) is 5.57. The van der Waals surface area contributed by atoms with E-state index in [1.54, 1.807) is 6.20 Å². The monoisotopic (exact) mass is 553 g/mol. The standard InChI is InChI=1S/C33H36ClN5O/c1-21(35)19-37-31-15-11-25(34)17-29(31)24-10-14-30(38-20-24)27-8-3-4-9-33(40)39-32-18-26(36-2)12-13-28(32)23-7-5-6-22(27)16-23/h5-7,10-20,27,30,36-38H,3-4,8-9,35H2,1-2H3,(H,39,40)/b21-19-. The summed E-state index contributed by atoms with van der Waals surface area (Å²) in [6.07, 6.45) is 11.5. The summed E-state index contributed by atoms with van der Waals surface area (Å²) in [6, 6.07) is 20.7. The fourth-order valence-electron chi connectivity index (χ4n) is 5.40. The summed E-state index contributed by atoms with van der Waals surface area (Å²) in [7, 11) is 1.89. The Bertz CT molecular complexity index is 1490. The van der Waals surface area contributed by atoms with Gasteiger partial charge in [0.25, 0.3) is 0 Å². The van der Waals surface area contributed by atoms with E-state index in [1.807, 2.05) is 44.3 Å². The van der Waals surface area contributed by atoms with Crippen molar-refractivity contribution in [3.63, 3.8) is 0 Å². The van der Waals surface area contributed by atoms with E-state index in [0.29, 0.717) is 17.1 Å². The number of benzene rings is 3. The van der Waals surface area contributed by atoms with Gasteiger partial charge in [0.15, 0.2) is 0 Å². The molecular weight excluding hydrogens is 518 g/mol.